The molecule has 0 fully saturated rings. The quantitative estimate of drug-likeness (QED) is 0.683. The van der Waals surface area contributed by atoms with Crippen LogP contribution >= 0.6 is 0 Å². The summed E-state index contributed by atoms with van der Waals surface area (Å²) in [4.78, 5) is 12.2. The Morgan fingerprint density at radius 1 is 1.05 bits per heavy atom. The number of carbonyl (C=O) groups excluding carboxylic acids is 1. The molecule has 0 amide bonds. The minimum atomic E-state index is -0.292. The van der Waals surface area contributed by atoms with E-state index in [0.717, 1.165) is 22.0 Å². The first-order valence-electron chi connectivity index (χ1n) is 6.92. The highest BCUT2D eigenvalue weighted by Crippen LogP contribution is 2.27. The van der Waals surface area contributed by atoms with Gasteiger partial charge in [0.15, 0.2) is 0 Å². The van der Waals surface area contributed by atoms with Crippen LogP contribution in [0.4, 0.5) is 0 Å². The van der Waals surface area contributed by atoms with Gasteiger partial charge < -0.3 is 9.30 Å². The Morgan fingerprint density at radius 2 is 1.71 bits per heavy atom. The van der Waals surface area contributed by atoms with Gasteiger partial charge in [-0.25, -0.2) is 4.79 Å². The van der Waals surface area contributed by atoms with E-state index in [-0.39, 0.29) is 5.97 Å². The molecule has 21 heavy (non-hydrogen) atoms. The Kier molecular flexibility index (Phi) is 3.48. The Bertz CT molecular complexity index is 788. The van der Waals surface area contributed by atoms with Crippen molar-refractivity contribution in [1.29, 1.82) is 0 Å². The molecular formula is C18H17NO2. The number of hydrogen-bond acceptors (Lipinski definition) is 2. The van der Waals surface area contributed by atoms with Crippen LogP contribution in [0.25, 0.3) is 10.9 Å². The number of benzene rings is 2. The van der Waals surface area contributed by atoms with Crippen LogP contribution in [0, 0.1) is 6.92 Å². The molecule has 3 heteroatoms. The molecule has 106 valence electrons. The number of hydrogen-bond donors (Lipinski definition) is 0. The maximum absolute atomic E-state index is 12.2. The summed E-state index contributed by atoms with van der Waals surface area (Å²) >= 11 is 0. The standard InChI is InChI=1S/C18H17NO2/c1-13-15-10-6-7-11-16(15)19(17(13)18(20)21-2)12-14-8-4-3-5-9-14/h3-11H,12H2,1-2H3. The van der Waals surface area contributed by atoms with Crippen LogP contribution in [0.15, 0.2) is 54.6 Å². The van der Waals surface area contributed by atoms with E-state index in [0.29, 0.717) is 12.2 Å². The number of carbonyl (C=O) groups is 1. The largest absolute Gasteiger partial charge is 0.464 e. The normalized spacial score (nSPS) is 10.8. The molecule has 0 saturated heterocycles. The molecule has 3 rings (SSSR count). The van der Waals surface area contributed by atoms with Crippen LogP contribution in [0.5, 0.6) is 0 Å². The number of para-hydroxylation sites is 1. The number of ether oxygens (including phenoxy) is 1. The monoisotopic (exact) mass is 279 g/mol. The van der Waals surface area contributed by atoms with Gasteiger partial charge in [-0.05, 0) is 24.1 Å². The van der Waals surface area contributed by atoms with E-state index in [2.05, 4.69) is 12.1 Å². The SMILES string of the molecule is COC(=O)c1c(C)c2ccccc2n1Cc1ccccc1. The highest BCUT2D eigenvalue weighted by Gasteiger charge is 2.20. The minimum Gasteiger partial charge on any atom is -0.464 e. The number of esters is 1. The molecule has 1 aromatic heterocycles. The molecule has 0 atom stereocenters. The van der Waals surface area contributed by atoms with Crippen molar-refractivity contribution in [2.45, 2.75) is 13.5 Å². The molecular weight excluding hydrogens is 262 g/mol. The third-order valence-corrected chi connectivity index (χ3v) is 3.79. The summed E-state index contributed by atoms with van der Waals surface area (Å²) < 4.78 is 7.00. The summed E-state index contributed by atoms with van der Waals surface area (Å²) in [6, 6.07) is 18.2. The van der Waals surface area contributed by atoms with Crippen LogP contribution in [-0.4, -0.2) is 17.6 Å². The van der Waals surface area contributed by atoms with Gasteiger partial charge >= 0.3 is 5.97 Å². The number of methoxy groups -OCH3 is 1. The second-order valence-electron chi connectivity index (χ2n) is 5.05. The van der Waals surface area contributed by atoms with E-state index < -0.39 is 0 Å². The summed E-state index contributed by atoms with van der Waals surface area (Å²) in [5, 5.41) is 1.09. The smallest absolute Gasteiger partial charge is 0.354 e. The number of rotatable bonds is 3. The first-order chi connectivity index (χ1) is 10.2. The predicted molar refractivity (Wildman–Crippen MR) is 83.6 cm³/mol. The van der Waals surface area contributed by atoms with E-state index in [4.69, 9.17) is 4.74 Å². The van der Waals surface area contributed by atoms with Gasteiger partial charge in [-0.1, -0.05) is 48.5 Å². The van der Waals surface area contributed by atoms with E-state index in [9.17, 15) is 4.79 Å². The lowest BCUT2D eigenvalue weighted by atomic mass is 10.1. The van der Waals surface area contributed by atoms with Crippen LogP contribution in [0.2, 0.25) is 0 Å². The molecule has 0 saturated carbocycles. The lowest BCUT2D eigenvalue weighted by Crippen LogP contribution is -2.12. The molecule has 1 heterocycles. The van der Waals surface area contributed by atoms with Gasteiger partial charge in [0.1, 0.15) is 5.69 Å². The molecule has 2 aromatic carbocycles. The van der Waals surface area contributed by atoms with E-state index >= 15 is 0 Å². The first-order valence-corrected chi connectivity index (χ1v) is 6.92. The summed E-state index contributed by atoms with van der Waals surface area (Å²) in [5.41, 5.74) is 3.80. The van der Waals surface area contributed by atoms with Gasteiger partial charge in [-0.3, -0.25) is 0 Å². The van der Waals surface area contributed by atoms with E-state index in [1.54, 1.807) is 0 Å². The fraction of sp³-hybridized carbons (Fsp3) is 0.167. The van der Waals surface area contributed by atoms with Crippen molar-refractivity contribution in [3.05, 3.63) is 71.4 Å². The predicted octanol–water partition coefficient (Wildman–Crippen LogP) is 3.78. The van der Waals surface area contributed by atoms with Gasteiger partial charge in [-0.2, -0.15) is 0 Å². The molecule has 0 bridgehead atoms. The van der Waals surface area contributed by atoms with Crippen molar-refractivity contribution >= 4 is 16.9 Å². The Labute approximate surface area is 123 Å². The van der Waals surface area contributed by atoms with Crippen LogP contribution in [-0.2, 0) is 11.3 Å². The lowest BCUT2D eigenvalue weighted by molar-refractivity contribution is 0.0588. The summed E-state index contributed by atoms with van der Waals surface area (Å²) in [5.74, 6) is -0.292. The zero-order valence-electron chi connectivity index (χ0n) is 12.2. The zero-order valence-corrected chi connectivity index (χ0v) is 12.2. The molecule has 0 aliphatic rings. The van der Waals surface area contributed by atoms with Crippen molar-refractivity contribution in [3.63, 3.8) is 0 Å². The van der Waals surface area contributed by atoms with Crippen molar-refractivity contribution in [2.75, 3.05) is 7.11 Å². The summed E-state index contributed by atoms with van der Waals surface area (Å²) in [6.45, 7) is 2.62. The zero-order chi connectivity index (χ0) is 14.8. The Balaban J connectivity index is 2.21. The van der Waals surface area contributed by atoms with Crippen LogP contribution < -0.4 is 0 Å². The van der Waals surface area contributed by atoms with Gasteiger partial charge in [0.25, 0.3) is 0 Å². The fourth-order valence-corrected chi connectivity index (χ4v) is 2.77. The second kappa shape index (κ2) is 5.44. The molecule has 0 unspecified atom stereocenters. The van der Waals surface area contributed by atoms with Crippen molar-refractivity contribution in [1.82, 2.24) is 4.57 Å². The molecule has 0 aliphatic carbocycles. The number of nitrogens with zero attached hydrogens (tertiary/aromatic N) is 1. The number of fused-ring (bicyclic) bond motifs is 1. The van der Waals surface area contributed by atoms with Gasteiger partial charge in [-0.15, -0.1) is 0 Å². The van der Waals surface area contributed by atoms with Crippen molar-refractivity contribution < 1.29 is 9.53 Å². The third-order valence-electron chi connectivity index (χ3n) is 3.79. The summed E-state index contributed by atoms with van der Waals surface area (Å²) in [7, 11) is 1.42. The molecule has 3 nitrogen and oxygen atoms in total. The Morgan fingerprint density at radius 3 is 2.43 bits per heavy atom. The van der Waals surface area contributed by atoms with Crippen LogP contribution in [0.3, 0.4) is 0 Å². The lowest BCUT2D eigenvalue weighted by Gasteiger charge is -2.10. The molecule has 0 spiro atoms. The number of aromatic nitrogens is 1. The average Bonchev–Trinajstić information content (AvgIpc) is 2.81. The van der Waals surface area contributed by atoms with E-state index in [1.807, 2.05) is 54.0 Å². The molecule has 0 N–H and O–H groups in total. The van der Waals surface area contributed by atoms with Gasteiger partial charge in [0, 0.05) is 17.4 Å². The minimum absolute atomic E-state index is 0.292. The first kappa shape index (κ1) is 13.4. The average molecular weight is 279 g/mol. The van der Waals surface area contributed by atoms with Crippen molar-refractivity contribution in [2.24, 2.45) is 0 Å². The summed E-state index contributed by atoms with van der Waals surface area (Å²) in [6.07, 6.45) is 0. The Hall–Kier alpha value is -2.55. The van der Waals surface area contributed by atoms with Crippen LogP contribution in [0.1, 0.15) is 21.6 Å². The number of aryl methyl sites for hydroxylation is 1. The van der Waals surface area contributed by atoms with E-state index in [1.165, 1.54) is 7.11 Å². The van der Waals surface area contributed by atoms with Crippen molar-refractivity contribution in [3.8, 4) is 0 Å². The van der Waals surface area contributed by atoms with Gasteiger partial charge in [0.2, 0.25) is 0 Å². The van der Waals surface area contributed by atoms with Gasteiger partial charge in [0.05, 0.1) is 7.11 Å². The second-order valence-corrected chi connectivity index (χ2v) is 5.05. The molecule has 0 aliphatic heterocycles. The highest BCUT2D eigenvalue weighted by molar-refractivity contribution is 5.98. The maximum Gasteiger partial charge on any atom is 0.354 e. The maximum atomic E-state index is 12.2. The molecule has 0 radical (unpaired) electrons. The molecule has 3 aromatic rings. The third kappa shape index (κ3) is 2.31. The highest BCUT2D eigenvalue weighted by atomic mass is 16.5. The fourth-order valence-electron chi connectivity index (χ4n) is 2.77. The topological polar surface area (TPSA) is 31.2 Å².